The number of carbonyl (C=O) groups excluding carboxylic acids is 3. The maximum absolute atomic E-state index is 13.0. The Morgan fingerprint density at radius 1 is 1.12 bits per heavy atom. The van der Waals surface area contributed by atoms with Crippen molar-refractivity contribution >= 4 is 17.5 Å². The third-order valence-corrected chi connectivity index (χ3v) is 9.57. The monoisotopic (exact) mass is 444 g/mol. The van der Waals surface area contributed by atoms with Crippen LogP contribution in [-0.4, -0.2) is 29.8 Å². The van der Waals surface area contributed by atoms with Gasteiger partial charge in [0.15, 0.2) is 17.2 Å². The molecule has 176 valence electrons. The summed E-state index contributed by atoms with van der Waals surface area (Å²) in [7, 11) is 0. The van der Waals surface area contributed by atoms with Crippen LogP contribution in [0.15, 0.2) is 23.3 Å². The second-order valence-corrected chi connectivity index (χ2v) is 11.1. The Hall–Kier alpha value is -1.78. The van der Waals surface area contributed by atoms with E-state index in [9.17, 15) is 18.8 Å². The van der Waals surface area contributed by atoms with Crippen molar-refractivity contribution in [3.05, 3.63) is 23.3 Å². The van der Waals surface area contributed by atoms with E-state index in [1.54, 1.807) is 6.92 Å². The number of hydrogen-bond donors (Lipinski definition) is 0. The molecule has 6 atom stereocenters. The Morgan fingerprint density at radius 2 is 1.84 bits per heavy atom. The fourth-order valence-corrected chi connectivity index (χ4v) is 7.84. The zero-order valence-corrected chi connectivity index (χ0v) is 20.0. The molecule has 0 aromatic heterocycles. The van der Waals surface area contributed by atoms with E-state index < -0.39 is 17.7 Å². The molecule has 2 fully saturated rings. The normalized spacial score (nSPS) is 40.5. The molecule has 4 aliphatic rings. The number of rotatable bonds is 6. The number of Topliss-reactive ketones (excluding diaryl/α,β-unsaturated/α-hetero) is 1. The van der Waals surface area contributed by atoms with Gasteiger partial charge in [-0.05, 0) is 93.6 Å². The third kappa shape index (κ3) is 3.33. The Kier molecular flexibility index (Phi) is 6.00. The van der Waals surface area contributed by atoms with Crippen molar-refractivity contribution in [3.63, 3.8) is 0 Å². The number of fused-ring (bicyclic) bond motifs is 5. The zero-order chi connectivity index (χ0) is 23.3. The van der Waals surface area contributed by atoms with Crippen LogP contribution in [0.4, 0.5) is 4.39 Å². The maximum atomic E-state index is 13.0. The van der Waals surface area contributed by atoms with Crippen LogP contribution < -0.4 is 0 Å². The van der Waals surface area contributed by atoms with Gasteiger partial charge in [0.05, 0.1) is 6.67 Å². The van der Waals surface area contributed by atoms with Crippen LogP contribution >= 0.6 is 0 Å². The lowest BCUT2D eigenvalue weighted by atomic mass is 9.47. The van der Waals surface area contributed by atoms with Gasteiger partial charge in [-0.25, -0.2) is 0 Å². The molecule has 0 radical (unpaired) electrons. The molecule has 3 unspecified atom stereocenters. The largest absolute Gasteiger partial charge is 0.450 e. The fourth-order valence-electron chi connectivity index (χ4n) is 7.84. The molecule has 32 heavy (non-hydrogen) atoms. The molecule has 4 nitrogen and oxygen atoms in total. The van der Waals surface area contributed by atoms with Gasteiger partial charge in [0, 0.05) is 18.3 Å². The number of carbonyl (C=O) groups is 3. The van der Waals surface area contributed by atoms with E-state index in [1.807, 2.05) is 6.08 Å². The van der Waals surface area contributed by atoms with E-state index >= 15 is 0 Å². The number of ether oxygens (including phenoxy) is 1. The van der Waals surface area contributed by atoms with E-state index in [-0.39, 0.29) is 35.3 Å². The lowest BCUT2D eigenvalue weighted by Gasteiger charge is -2.58. The summed E-state index contributed by atoms with van der Waals surface area (Å²) in [6.07, 6.45) is 9.85. The highest BCUT2D eigenvalue weighted by Gasteiger charge is 2.67. The Balaban J connectivity index is 1.67. The summed E-state index contributed by atoms with van der Waals surface area (Å²) in [4.78, 5) is 37.8. The van der Waals surface area contributed by atoms with Crippen molar-refractivity contribution in [1.29, 1.82) is 0 Å². The molecule has 0 N–H and O–H groups in total. The second kappa shape index (κ2) is 8.22. The highest BCUT2D eigenvalue weighted by atomic mass is 19.1. The summed E-state index contributed by atoms with van der Waals surface area (Å²) in [5.74, 6) is 0.791. The van der Waals surface area contributed by atoms with Crippen LogP contribution in [0.5, 0.6) is 0 Å². The first-order valence-corrected chi connectivity index (χ1v) is 12.3. The molecule has 0 amide bonds. The molecule has 4 aliphatic carbocycles. The zero-order valence-electron chi connectivity index (χ0n) is 20.0. The smallest absolute Gasteiger partial charge is 0.306 e. The molecule has 5 heteroatoms. The molecular weight excluding hydrogens is 407 g/mol. The van der Waals surface area contributed by atoms with Gasteiger partial charge >= 0.3 is 5.97 Å². The Labute approximate surface area is 191 Å². The molecular formula is C27H37FO4. The van der Waals surface area contributed by atoms with Crippen LogP contribution in [0.3, 0.4) is 0 Å². The van der Waals surface area contributed by atoms with Gasteiger partial charge in [-0.1, -0.05) is 25.5 Å². The number of hydrogen-bond acceptors (Lipinski definition) is 4. The predicted octanol–water partition coefficient (Wildman–Crippen LogP) is 5.70. The number of halogens is 1. The summed E-state index contributed by atoms with van der Waals surface area (Å²) < 4.78 is 18.5. The molecule has 0 aliphatic heterocycles. The second-order valence-electron chi connectivity index (χ2n) is 11.1. The minimum Gasteiger partial charge on any atom is -0.450 e. The SMILES string of the molecule is CC(=O)[C@@]1(OC(=O)CCCCF)CCC2C3C=C(C)C4=CC(=O)CC[C@]4(C)C3CC[C@@]21C. The number of unbranched alkanes of at least 4 members (excludes halogenated alkanes) is 1. The average molecular weight is 445 g/mol. The highest BCUT2D eigenvalue weighted by molar-refractivity contribution is 5.92. The van der Waals surface area contributed by atoms with Crippen molar-refractivity contribution < 1.29 is 23.5 Å². The number of ketones is 2. The Bertz CT molecular complexity index is 888. The van der Waals surface area contributed by atoms with E-state index in [4.69, 9.17) is 4.74 Å². The van der Waals surface area contributed by atoms with Crippen LogP contribution in [0.25, 0.3) is 0 Å². The van der Waals surface area contributed by atoms with Gasteiger partial charge in [0.1, 0.15) is 0 Å². The van der Waals surface area contributed by atoms with Gasteiger partial charge in [-0.3, -0.25) is 18.8 Å². The van der Waals surface area contributed by atoms with E-state index in [2.05, 4.69) is 26.8 Å². The lowest BCUT2D eigenvalue weighted by molar-refractivity contribution is -0.187. The first-order valence-electron chi connectivity index (χ1n) is 12.3. The third-order valence-electron chi connectivity index (χ3n) is 9.57. The summed E-state index contributed by atoms with van der Waals surface area (Å²) in [5, 5.41) is 0. The quantitative estimate of drug-likeness (QED) is 0.390. The summed E-state index contributed by atoms with van der Waals surface area (Å²) in [5.41, 5.74) is 0.887. The van der Waals surface area contributed by atoms with E-state index in [1.165, 1.54) is 11.1 Å². The summed E-state index contributed by atoms with van der Waals surface area (Å²) >= 11 is 0. The number of allylic oxidation sites excluding steroid dienone is 4. The fraction of sp³-hybridized carbons (Fsp3) is 0.741. The average Bonchev–Trinajstić information content (AvgIpc) is 3.03. The minimum absolute atomic E-state index is 0.0107. The van der Waals surface area contributed by atoms with E-state index in [0.717, 1.165) is 25.7 Å². The summed E-state index contributed by atoms with van der Waals surface area (Å²) in [6.45, 7) is 7.70. The van der Waals surface area contributed by atoms with Crippen LogP contribution in [0.1, 0.15) is 85.5 Å². The van der Waals surface area contributed by atoms with Gasteiger partial charge < -0.3 is 4.74 Å². The van der Waals surface area contributed by atoms with Gasteiger partial charge in [-0.15, -0.1) is 0 Å². The van der Waals surface area contributed by atoms with Crippen molar-refractivity contribution in [2.45, 2.75) is 91.1 Å². The van der Waals surface area contributed by atoms with Crippen molar-refractivity contribution in [1.82, 2.24) is 0 Å². The maximum Gasteiger partial charge on any atom is 0.306 e. The van der Waals surface area contributed by atoms with Gasteiger partial charge in [-0.2, -0.15) is 0 Å². The number of alkyl halides is 1. The highest BCUT2D eigenvalue weighted by Crippen LogP contribution is 2.67. The molecule has 0 aromatic rings. The lowest BCUT2D eigenvalue weighted by Crippen LogP contribution is -2.58. The van der Waals surface area contributed by atoms with Crippen LogP contribution in [0.2, 0.25) is 0 Å². The van der Waals surface area contributed by atoms with Crippen LogP contribution in [-0.2, 0) is 19.1 Å². The molecule has 0 heterocycles. The minimum atomic E-state index is -1.09. The molecule has 4 rings (SSSR count). The van der Waals surface area contributed by atoms with Gasteiger partial charge in [0.25, 0.3) is 0 Å². The molecule has 0 aromatic carbocycles. The van der Waals surface area contributed by atoms with Crippen LogP contribution in [0, 0.1) is 28.6 Å². The molecule has 0 bridgehead atoms. The first kappa shape index (κ1) is 23.4. The molecule has 2 saturated carbocycles. The standard InChI is InChI=1S/C27H37FO4/c1-17-15-20-21(25(3)11-8-19(30)16-23(17)25)9-12-26(4)22(20)10-13-27(26,18(2)29)32-24(31)7-5-6-14-28/h15-16,20-22H,5-14H2,1-4H3/t20?,21?,22?,25-,26+,27+/m1/s1. The topological polar surface area (TPSA) is 60.4 Å². The summed E-state index contributed by atoms with van der Waals surface area (Å²) in [6, 6.07) is 0. The predicted molar refractivity (Wildman–Crippen MR) is 121 cm³/mol. The van der Waals surface area contributed by atoms with Gasteiger partial charge in [0.2, 0.25) is 0 Å². The van der Waals surface area contributed by atoms with E-state index in [0.29, 0.717) is 37.5 Å². The van der Waals surface area contributed by atoms with Crippen molar-refractivity contribution in [2.24, 2.45) is 28.6 Å². The Morgan fingerprint density at radius 3 is 2.53 bits per heavy atom. The van der Waals surface area contributed by atoms with Crippen molar-refractivity contribution in [2.75, 3.05) is 6.67 Å². The first-order chi connectivity index (χ1) is 15.1. The van der Waals surface area contributed by atoms with Crippen molar-refractivity contribution in [3.8, 4) is 0 Å². The number of esters is 1. The molecule has 0 spiro atoms. The molecule has 0 saturated heterocycles.